The van der Waals surface area contributed by atoms with Gasteiger partial charge in [-0.05, 0) is 33.6 Å². The van der Waals surface area contributed by atoms with Crippen molar-refractivity contribution in [1.82, 2.24) is 9.80 Å². The first-order chi connectivity index (χ1) is 10.4. The third-order valence-corrected chi connectivity index (χ3v) is 3.32. The molecular weight excluding hydrogens is 274 g/mol. The zero-order chi connectivity index (χ0) is 17.1. The van der Waals surface area contributed by atoms with Gasteiger partial charge in [0, 0.05) is 31.9 Å². The molecule has 1 fully saturated rings. The van der Waals surface area contributed by atoms with Crippen molar-refractivity contribution in [2.24, 2.45) is 4.99 Å². The average molecular weight is 305 g/mol. The number of rotatable bonds is 4. The van der Waals surface area contributed by atoms with Crippen LogP contribution in [0.3, 0.4) is 0 Å². The average Bonchev–Trinajstić information content (AvgIpc) is 2.52. The summed E-state index contributed by atoms with van der Waals surface area (Å²) in [7, 11) is 0. The molecule has 0 unspecified atom stereocenters. The molecule has 0 spiro atoms. The van der Waals surface area contributed by atoms with Crippen LogP contribution in [-0.2, 0) is 4.79 Å². The van der Waals surface area contributed by atoms with E-state index in [2.05, 4.69) is 37.0 Å². The summed E-state index contributed by atoms with van der Waals surface area (Å²) in [6, 6.07) is 0. The van der Waals surface area contributed by atoms with E-state index in [1.54, 1.807) is 6.08 Å². The van der Waals surface area contributed by atoms with Crippen LogP contribution in [0, 0.1) is 0 Å². The smallest absolute Gasteiger partial charge is 0.272 e. The molecule has 1 heterocycles. The summed E-state index contributed by atoms with van der Waals surface area (Å²) >= 11 is 0. The number of amides is 1. The number of aliphatic imine (C=N–C) groups is 1. The van der Waals surface area contributed by atoms with E-state index in [1.807, 2.05) is 31.7 Å². The largest absolute Gasteiger partial charge is 0.372 e. The molecular formula is C18H31N3O. The molecule has 1 amide bonds. The normalized spacial score (nSPS) is 15.9. The lowest BCUT2D eigenvalue weighted by molar-refractivity contribution is -0.128. The minimum absolute atomic E-state index is 0.0439. The predicted molar refractivity (Wildman–Crippen MR) is 96.0 cm³/mol. The highest BCUT2D eigenvalue weighted by Crippen LogP contribution is 2.12. The highest BCUT2D eigenvalue weighted by Gasteiger charge is 2.22. The molecule has 1 aliphatic heterocycles. The molecule has 4 nitrogen and oxygen atoms in total. The van der Waals surface area contributed by atoms with E-state index in [-0.39, 0.29) is 5.91 Å². The van der Waals surface area contributed by atoms with Crippen LogP contribution in [0.1, 0.15) is 41.0 Å². The third-order valence-electron chi connectivity index (χ3n) is 3.32. The lowest BCUT2D eigenvalue weighted by atomic mass is 10.2. The van der Waals surface area contributed by atoms with E-state index < -0.39 is 0 Å². The Balaban J connectivity index is 0.00000135. The lowest BCUT2D eigenvalue weighted by Gasteiger charge is -2.36. The van der Waals surface area contributed by atoms with Crippen molar-refractivity contribution in [3.63, 3.8) is 0 Å². The summed E-state index contributed by atoms with van der Waals surface area (Å²) in [5.41, 5.74) is 2.48. The van der Waals surface area contributed by atoms with Crippen molar-refractivity contribution in [3.8, 4) is 0 Å². The van der Waals surface area contributed by atoms with Gasteiger partial charge >= 0.3 is 0 Å². The lowest BCUT2D eigenvalue weighted by Crippen LogP contribution is -2.48. The first kappa shape index (κ1) is 20.2. The van der Waals surface area contributed by atoms with Crippen molar-refractivity contribution in [3.05, 3.63) is 35.7 Å². The van der Waals surface area contributed by atoms with Gasteiger partial charge in [-0.1, -0.05) is 38.5 Å². The fourth-order valence-corrected chi connectivity index (χ4v) is 1.93. The second-order valence-electron chi connectivity index (χ2n) is 5.44. The van der Waals surface area contributed by atoms with Crippen LogP contribution in [0.4, 0.5) is 0 Å². The van der Waals surface area contributed by atoms with Crippen LogP contribution >= 0.6 is 0 Å². The maximum atomic E-state index is 12.3. The number of hydrogen-bond donors (Lipinski definition) is 0. The number of nitrogens with zero attached hydrogens (tertiary/aromatic N) is 3. The molecule has 0 bridgehead atoms. The van der Waals surface area contributed by atoms with Crippen molar-refractivity contribution < 1.29 is 4.79 Å². The van der Waals surface area contributed by atoms with Gasteiger partial charge in [-0.25, -0.2) is 0 Å². The first-order valence-corrected chi connectivity index (χ1v) is 7.92. The van der Waals surface area contributed by atoms with Gasteiger partial charge in [0.1, 0.15) is 5.70 Å². The van der Waals surface area contributed by atoms with Crippen molar-refractivity contribution in [2.45, 2.75) is 41.0 Å². The molecule has 1 aliphatic rings. The van der Waals surface area contributed by atoms with Crippen molar-refractivity contribution in [1.29, 1.82) is 0 Å². The number of carbonyl (C=O) groups excluding carboxylic acids is 1. The highest BCUT2D eigenvalue weighted by atomic mass is 16.2. The number of allylic oxidation sites excluding steroid dienone is 4. The molecule has 0 aromatic heterocycles. The van der Waals surface area contributed by atoms with Gasteiger partial charge in [-0.3, -0.25) is 9.79 Å². The molecule has 0 saturated carbocycles. The molecule has 0 aromatic carbocycles. The SMILES string of the molecule is C=N/C(=C\C(C)=C/C)C(=O)N1CCN(C(=C)C)CC1.CCC. The Hall–Kier alpha value is -1.84. The maximum Gasteiger partial charge on any atom is 0.272 e. The van der Waals surface area contributed by atoms with E-state index in [0.717, 1.165) is 24.4 Å². The van der Waals surface area contributed by atoms with E-state index >= 15 is 0 Å². The van der Waals surface area contributed by atoms with Gasteiger partial charge in [0.05, 0.1) is 0 Å². The summed E-state index contributed by atoms with van der Waals surface area (Å²) in [6.45, 7) is 20.6. The summed E-state index contributed by atoms with van der Waals surface area (Å²) in [5.74, 6) is -0.0439. The van der Waals surface area contributed by atoms with Crippen LogP contribution in [0.25, 0.3) is 0 Å². The van der Waals surface area contributed by atoms with Crippen molar-refractivity contribution >= 4 is 12.6 Å². The first-order valence-electron chi connectivity index (χ1n) is 7.92. The molecule has 0 radical (unpaired) electrons. The fourth-order valence-electron chi connectivity index (χ4n) is 1.93. The highest BCUT2D eigenvalue weighted by molar-refractivity contribution is 5.94. The molecule has 0 aliphatic carbocycles. The maximum absolute atomic E-state index is 12.3. The number of hydrogen-bond acceptors (Lipinski definition) is 3. The van der Waals surface area contributed by atoms with Gasteiger partial charge in [-0.2, -0.15) is 0 Å². The van der Waals surface area contributed by atoms with Crippen LogP contribution in [0.5, 0.6) is 0 Å². The zero-order valence-corrected chi connectivity index (χ0v) is 14.9. The van der Waals surface area contributed by atoms with Crippen LogP contribution in [0.2, 0.25) is 0 Å². The summed E-state index contributed by atoms with van der Waals surface area (Å²) in [6.07, 6.45) is 4.97. The molecule has 0 aromatic rings. The molecule has 0 atom stereocenters. The summed E-state index contributed by atoms with van der Waals surface area (Å²) in [4.78, 5) is 20.2. The van der Waals surface area contributed by atoms with Gasteiger partial charge in [-0.15, -0.1) is 0 Å². The minimum atomic E-state index is -0.0439. The summed E-state index contributed by atoms with van der Waals surface area (Å²) in [5, 5.41) is 0. The second-order valence-corrected chi connectivity index (χ2v) is 5.44. The fraction of sp³-hybridized carbons (Fsp3) is 0.556. The van der Waals surface area contributed by atoms with Gasteiger partial charge in [0.15, 0.2) is 0 Å². The molecule has 4 heteroatoms. The Morgan fingerprint density at radius 3 is 1.95 bits per heavy atom. The van der Waals surface area contributed by atoms with Gasteiger partial charge < -0.3 is 9.80 Å². The minimum Gasteiger partial charge on any atom is -0.372 e. The van der Waals surface area contributed by atoms with Gasteiger partial charge in [0.25, 0.3) is 5.91 Å². The van der Waals surface area contributed by atoms with Crippen LogP contribution < -0.4 is 0 Å². The standard InChI is InChI=1S/C15H23N3O.C3H8/c1-6-13(4)11-14(16-5)15(19)18-9-7-17(8-10-18)12(2)3;1-3-2/h6,11H,2,5,7-10H2,1,3-4H3;3H2,1-2H3/b13-6-,14-11-;. The molecule has 1 saturated heterocycles. The Labute approximate surface area is 135 Å². The van der Waals surface area contributed by atoms with Crippen molar-refractivity contribution in [2.75, 3.05) is 26.2 Å². The Morgan fingerprint density at radius 2 is 1.59 bits per heavy atom. The van der Waals surface area contributed by atoms with Gasteiger partial charge in [0.2, 0.25) is 0 Å². The number of piperazine rings is 1. The predicted octanol–water partition coefficient (Wildman–Crippen LogP) is 3.63. The Morgan fingerprint density at radius 1 is 1.14 bits per heavy atom. The Bertz CT molecular complexity index is 441. The molecule has 1 rings (SSSR count). The zero-order valence-electron chi connectivity index (χ0n) is 14.9. The van der Waals surface area contributed by atoms with Crippen LogP contribution in [-0.4, -0.2) is 48.6 Å². The van der Waals surface area contributed by atoms with E-state index in [1.165, 1.54) is 6.42 Å². The summed E-state index contributed by atoms with van der Waals surface area (Å²) < 4.78 is 0. The second kappa shape index (κ2) is 10.8. The van der Waals surface area contributed by atoms with Crippen LogP contribution in [0.15, 0.2) is 40.7 Å². The van der Waals surface area contributed by atoms with E-state index in [9.17, 15) is 4.79 Å². The monoisotopic (exact) mass is 305 g/mol. The van der Waals surface area contributed by atoms with E-state index in [4.69, 9.17) is 0 Å². The molecule has 0 N–H and O–H groups in total. The quantitative estimate of drug-likeness (QED) is 0.452. The Kier molecular flexibility index (Phi) is 9.92. The number of carbonyl (C=O) groups is 1. The third kappa shape index (κ3) is 6.74. The topological polar surface area (TPSA) is 35.9 Å². The molecule has 124 valence electrons. The molecule has 22 heavy (non-hydrogen) atoms. The van der Waals surface area contributed by atoms with E-state index in [0.29, 0.717) is 18.8 Å².